The minimum Gasteiger partial charge on any atom is -0.494 e. The summed E-state index contributed by atoms with van der Waals surface area (Å²) >= 11 is 0. The molecule has 0 radical (unpaired) electrons. The molecule has 2 aromatic rings. The first-order valence-corrected chi connectivity index (χ1v) is 15.4. The highest BCUT2D eigenvalue weighted by Crippen LogP contribution is 2.36. The van der Waals surface area contributed by atoms with Gasteiger partial charge >= 0.3 is 0 Å². The van der Waals surface area contributed by atoms with Gasteiger partial charge in [0.2, 0.25) is 15.9 Å². The van der Waals surface area contributed by atoms with Crippen molar-refractivity contribution >= 4 is 52.2 Å². The number of unbranched alkanes of at least 4 members (excludes halogenated alkanes) is 1. The maximum atomic E-state index is 13.9. The molecular formula is C27H42Cl2N6O7S. The van der Waals surface area contributed by atoms with E-state index in [2.05, 4.69) is 22.0 Å². The van der Waals surface area contributed by atoms with Gasteiger partial charge in [0.1, 0.15) is 12.4 Å². The quantitative estimate of drug-likeness (QED) is 0.185. The fourth-order valence-corrected chi connectivity index (χ4v) is 7.23. The number of nitrogens with zero attached hydrogens (tertiary/aromatic N) is 5. The third kappa shape index (κ3) is 8.52. The largest absolute Gasteiger partial charge is 0.494 e. The zero-order valence-corrected chi connectivity index (χ0v) is 27.0. The molecule has 2 aliphatic heterocycles. The van der Waals surface area contributed by atoms with E-state index in [-0.39, 0.29) is 63.8 Å². The Kier molecular flexibility index (Phi) is 14.5. The van der Waals surface area contributed by atoms with Crippen LogP contribution in [0.15, 0.2) is 36.4 Å². The number of methoxy groups -OCH3 is 1. The highest BCUT2D eigenvalue weighted by atomic mass is 35.5. The monoisotopic (exact) mass is 664 g/mol. The van der Waals surface area contributed by atoms with E-state index >= 15 is 0 Å². The molecule has 0 atom stereocenters. The number of aromatic nitrogens is 2. The van der Waals surface area contributed by atoms with Gasteiger partial charge in [-0.1, -0.05) is 13.3 Å². The topological polar surface area (TPSA) is 147 Å². The van der Waals surface area contributed by atoms with Crippen LogP contribution in [0.5, 0.6) is 11.6 Å². The number of nitrogens with one attached hydrogen (secondary N) is 1. The molecule has 4 rings (SSSR count). The number of hydroxylamine groups is 1. The van der Waals surface area contributed by atoms with Gasteiger partial charge in [-0.05, 0) is 49.6 Å². The summed E-state index contributed by atoms with van der Waals surface area (Å²) in [5.41, 5.74) is 2.61. The number of hydrogen-bond donors (Lipinski definition) is 2. The van der Waals surface area contributed by atoms with Crippen LogP contribution < -0.4 is 24.8 Å². The van der Waals surface area contributed by atoms with Crippen molar-refractivity contribution in [3.8, 4) is 11.6 Å². The number of benzene rings is 1. The molecule has 0 saturated carbocycles. The number of amides is 1. The van der Waals surface area contributed by atoms with E-state index in [9.17, 15) is 18.4 Å². The Morgan fingerprint density at radius 3 is 2.14 bits per heavy atom. The first-order chi connectivity index (χ1) is 19.8. The van der Waals surface area contributed by atoms with Gasteiger partial charge in [0, 0.05) is 58.1 Å². The SMILES string of the molecule is CCCCOc1ccc(N2CCN(S(=O)(=O)C3(C(=O)NO)CCN(c4ccc(OCCOC)nn4)CC3)CC2)cc1.Cl.Cl. The average Bonchev–Trinajstić information content (AvgIpc) is 3.01. The molecule has 242 valence electrons. The second-order valence-electron chi connectivity index (χ2n) is 10.1. The number of halogens is 2. The molecule has 2 fully saturated rings. The molecule has 16 heteroatoms. The second kappa shape index (κ2) is 17.0. The number of ether oxygens (including phenoxy) is 3. The molecule has 2 aliphatic rings. The third-order valence-electron chi connectivity index (χ3n) is 7.61. The Morgan fingerprint density at radius 1 is 0.907 bits per heavy atom. The zero-order valence-electron chi connectivity index (χ0n) is 24.5. The summed E-state index contributed by atoms with van der Waals surface area (Å²) in [6.45, 7) is 5.49. The summed E-state index contributed by atoms with van der Waals surface area (Å²) in [5, 5.41) is 17.8. The highest BCUT2D eigenvalue weighted by Gasteiger charge is 2.55. The van der Waals surface area contributed by atoms with Crippen molar-refractivity contribution in [3.63, 3.8) is 0 Å². The van der Waals surface area contributed by atoms with Crippen LogP contribution in [0.3, 0.4) is 0 Å². The van der Waals surface area contributed by atoms with Gasteiger partial charge in [0.25, 0.3) is 5.91 Å². The van der Waals surface area contributed by atoms with E-state index in [1.165, 1.54) is 4.31 Å². The Bertz CT molecular complexity index is 1230. The molecule has 0 spiro atoms. The molecule has 2 saturated heterocycles. The Balaban J connectivity index is 0.00000323. The third-order valence-corrected chi connectivity index (χ3v) is 10.2. The van der Waals surface area contributed by atoms with Gasteiger partial charge in [-0.2, -0.15) is 4.31 Å². The molecule has 43 heavy (non-hydrogen) atoms. The van der Waals surface area contributed by atoms with Gasteiger partial charge in [0.15, 0.2) is 10.6 Å². The number of anilines is 2. The average molecular weight is 666 g/mol. The molecule has 1 amide bonds. The number of hydrogen-bond acceptors (Lipinski definition) is 11. The van der Waals surface area contributed by atoms with Crippen LogP contribution in [-0.2, 0) is 19.6 Å². The number of piperazine rings is 1. The van der Waals surface area contributed by atoms with E-state index in [4.69, 9.17) is 14.2 Å². The molecule has 1 aromatic carbocycles. The maximum Gasteiger partial charge on any atom is 0.266 e. The fourth-order valence-electron chi connectivity index (χ4n) is 5.11. The molecule has 2 N–H and O–H groups in total. The smallest absolute Gasteiger partial charge is 0.266 e. The van der Waals surface area contributed by atoms with Crippen molar-refractivity contribution in [2.24, 2.45) is 0 Å². The fraction of sp³-hybridized carbons (Fsp3) is 0.593. The van der Waals surface area contributed by atoms with Crippen LogP contribution in [0.1, 0.15) is 32.6 Å². The van der Waals surface area contributed by atoms with Gasteiger partial charge in [-0.3, -0.25) is 10.0 Å². The highest BCUT2D eigenvalue weighted by molar-refractivity contribution is 7.91. The van der Waals surface area contributed by atoms with Crippen molar-refractivity contribution < 1.29 is 32.6 Å². The van der Waals surface area contributed by atoms with E-state index in [0.29, 0.717) is 44.6 Å². The van der Waals surface area contributed by atoms with E-state index < -0.39 is 20.7 Å². The van der Waals surface area contributed by atoms with E-state index in [1.807, 2.05) is 29.2 Å². The van der Waals surface area contributed by atoms with Crippen molar-refractivity contribution in [2.45, 2.75) is 37.4 Å². The lowest BCUT2D eigenvalue weighted by Gasteiger charge is -2.44. The van der Waals surface area contributed by atoms with E-state index in [1.54, 1.807) is 24.7 Å². The normalized spacial score (nSPS) is 16.9. The van der Waals surface area contributed by atoms with Gasteiger partial charge in [-0.15, -0.1) is 35.0 Å². The number of carbonyl (C=O) groups is 1. The zero-order chi connectivity index (χ0) is 29.3. The molecule has 3 heterocycles. The number of rotatable bonds is 13. The van der Waals surface area contributed by atoms with Crippen molar-refractivity contribution in [3.05, 3.63) is 36.4 Å². The van der Waals surface area contributed by atoms with Crippen molar-refractivity contribution in [1.82, 2.24) is 20.0 Å². The lowest BCUT2D eigenvalue weighted by atomic mass is 9.95. The Morgan fingerprint density at radius 2 is 1.58 bits per heavy atom. The summed E-state index contributed by atoms with van der Waals surface area (Å²) in [7, 11) is -2.51. The lowest BCUT2D eigenvalue weighted by Crippen LogP contribution is -2.63. The minimum atomic E-state index is -4.09. The standard InChI is InChI=1S/C27H40N6O7S.2ClH/c1-3-4-19-39-23-7-5-22(6-8-23)31-15-17-33(18-16-31)41(36,37)27(26(34)30-35)11-13-32(14-12-27)24-9-10-25(29-28-24)40-21-20-38-2;;/h5-10,35H,3-4,11-21H2,1-2H3,(H,30,34);2*1H. The first kappa shape index (κ1) is 36.6. The summed E-state index contributed by atoms with van der Waals surface area (Å²) < 4.78 is 43.6. The second-order valence-corrected chi connectivity index (χ2v) is 12.3. The summed E-state index contributed by atoms with van der Waals surface area (Å²) in [6, 6.07) is 11.2. The van der Waals surface area contributed by atoms with Crippen molar-refractivity contribution in [1.29, 1.82) is 0 Å². The predicted molar refractivity (Wildman–Crippen MR) is 168 cm³/mol. The number of piperidine rings is 1. The van der Waals surface area contributed by atoms with Crippen LogP contribution in [0.2, 0.25) is 0 Å². The Hall–Kier alpha value is -2.62. The molecular weight excluding hydrogens is 623 g/mol. The van der Waals surface area contributed by atoms with Crippen molar-refractivity contribution in [2.75, 3.05) is 76.0 Å². The van der Waals surface area contributed by atoms with Crippen LogP contribution in [0.25, 0.3) is 0 Å². The van der Waals surface area contributed by atoms with Gasteiger partial charge in [0.05, 0.1) is 13.2 Å². The first-order valence-electron chi connectivity index (χ1n) is 14.0. The van der Waals surface area contributed by atoms with Crippen LogP contribution >= 0.6 is 24.8 Å². The van der Waals surface area contributed by atoms with Gasteiger partial charge in [-0.25, -0.2) is 13.9 Å². The van der Waals surface area contributed by atoms with Gasteiger partial charge < -0.3 is 24.0 Å². The maximum absolute atomic E-state index is 13.9. The molecule has 0 unspecified atom stereocenters. The summed E-state index contributed by atoms with van der Waals surface area (Å²) in [6.07, 6.45) is 2.06. The Labute approximate surface area is 265 Å². The molecule has 0 aliphatic carbocycles. The summed E-state index contributed by atoms with van der Waals surface area (Å²) in [4.78, 5) is 16.9. The van der Waals surface area contributed by atoms with E-state index in [0.717, 1.165) is 24.3 Å². The summed E-state index contributed by atoms with van der Waals surface area (Å²) in [5.74, 6) is 0.806. The van der Waals surface area contributed by atoms with Crippen LogP contribution in [0, 0.1) is 0 Å². The predicted octanol–water partition coefficient (Wildman–Crippen LogP) is 2.52. The lowest BCUT2D eigenvalue weighted by molar-refractivity contribution is -0.132. The molecule has 0 bridgehead atoms. The minimum absolute atomic E-state index is 0. The van der Waals surface area contributed by atoms with Crippen LogP contribution in [0.4, 0.5) is 11.5 Å². The molecule has 13 nitrogen and oxygen atoms in total. The number of carbonyl (C=O) groups excluding carboxylic acids is 1. The molecule has 1 aromatic heterocycles. The number of sulfonamides is 1. The van der Waals surface area contributed by atoms with Crippen LogP contribution in [-0.4, -0.2) is 105 Å².